The first kappa shape index (κ1) is 21.8. The Kier molecular flexibility index (Phi) is 5.89. The number of anilines is 2. The Hall–Kier alpha value is -3.75. The Morgan fingerprint density at radius 2 is 1.51 bits per heavy atom. The summed E-state index contributed by atoms with van der Waals surface area (Å²) in [5.74, 6) is 1.49. The van der Waals surface area contributed by atoms with Gasteiger partial charge in [-0.25, -0.2) is 0 Å². The van der Waals surface area contributed by atoms with E-state index < -0.39 is 0 Å². The normalized spacial score (nSPS) is 12.3. The summed E-state index contributed by atoms with van der Waals surface area (Å²) < 4.78 is 7.60. The van der Waals surface area contributed by atoms with Gasteiger partial charge in [0.2, 0.25) is 11.7 Å². The molecule has 6 nitrogen and oxygen atoms in total. The lowest BCUT2D eigenvalue weighted by Gasteiger charge is -2.30. The van der Waals surface area contributed by atoms with Gasteiger partial charge in [-0.1, -0.05) is 78.1 Å². The van der Waals surface area contributed by atoms with E-state index in [0.717, 1.165) is 26.7 Å². The van der Waals surface area contributed by atoms with Crippen molar-refractivity contribution in [3.8, 4) is 11.6 Å². The molecule has 0 saturated carbocycles. The van der Waals surface area contributed by atoms with Crippen LogP contribution >= 0.6 is 23.5 Å². The molecule has 3 aromatic carbocycles. The second-order valence-corrected chi connectivity index (χ2v) is 9.94. The molecule has 6 rings (SSSR count). The maximum absolute atomic E-state index is 13.6. The van der Waals surface area contributed by atoms with Gasteiger partial charge in [0.15, 0.2) is 10.9 Å². The van der Waals surface area contributed by atoms with Crippen LogP contribution < -0.4 is 4.90 Å². The number of carbonyl (C=O) groups excluding carboxylic acids is 1. The van der Waals surface area contributed by atoms with Gasteiger partial charge in [-0.3, -0.25) is 14.3 Å². The summed E-state index contributed by atoms with van der Waals surface area (Å²) in [7, 11) is 0. The summed E-state index contributed by atoms with van der Waals surface area (Å²) in [6.45, 7) is 0.576. The van der Waals surface area contributed by atoms with Gasteiger partial charge in [0, 0.05) is 9.79 Å². The van der Waals surface area contributed by atoms with E-state index in [0.29, 0.717) is 23.3 Å². The van der Waals surface area contributed by atoms with Gasteiger partial charge in [-0.2, -0.15) is 0 Å². The van der Waals surface area contributed by atoms with Crippen molar-refractivity contribution in [1.29, 1.82) is 0 Å². The van der Waals surface area contributed by atoms with Crippen LogP contribution in [0, 0.1) is 0 Å². The number of fused-ring (bicyclic) bond motifs is 2. The number of aromatic nitrogens is 3. The lowest BCUT2D eigenvalue weighted by molar-refractivity contribution is -0.115. The van der Waals surface area contributed by atoms with Gasteiger partial charge >= 0.3 is 0 Å². The smallest absolute Gasteiger partial charge is 0.242 e. The fourth-order valence-corrected chi connectivity index (χ4v) is 5.90. The summed E-state index contributed by atoms with van der Waals surface area (Å²) >= 11 is 3.07. The average molecular weight is 497 g/mol. The van der Waals surface area contributed by atoms with Crippen LogP contribution in [0.15, 0.2) is 117 Å². The molecule has 1 aliphatic heterocycles. The van der Waals surface area contributed by atoms with Gasteiger partial charge in [0.25, 0.3) is 0 Å². The number of thioether (sulfide) groups is 1. The predicted octanol–water partition coefficient (Wildman–Crippen LogP) is 6.51. The third-order valence-corrected chi connectivity index (χ3v) is 7.73. The van der Waals surface area contributed by atoms with Crippen LogP contribution in [-0.2, 0) is 11.3 Å². The third kappa shape index (κ3) is 4.26. The van der Waals surface area contributed by atoms with E-state index in [1.807, 2.05) is 76.2 Å². The third-order valence-electron chi connectivity index (χ3n) is 5.65. The number of hydrogen-bond acceptors (Lipinski definition) is 6. The number of carbonyl (C=O) groups is 1. The fraction of sp³-hybridized carbons (Fsp3) is 0.0741. The highest BCUT2D eigenvalue weighted by molar-refractivity contribution is 8.00. The molecule has 3 heterocycles. The lowest BCUT2D eigenvalue weighted by atomic mass is 10.2. The quantitative estimate of drug-likeness (QED) is 0.250. The zero-order valence-electron chi connectivity index (χ0n) is 18.6. The molecule has 8 heteroatoms. The van der Waals surface area contributed by atoms with Crippen molar-refractivity contribution in [2.24, 2.45) is 0 Å². The van der Waals surface area contributed by atoms with Gasteiger partial charge in [0.05, 0.1) is 29.9 Å². The molecule has 35 heavy (non-hydrogen) atoms. The van der Waals surface area contributed by atoms with Crippen molar-refractivity contribution < 1.29 is 9.21 Å². The molecule has 0 spiro atoms. The SMILES string of the molecule is O=C(CSc1nnc(-c2ccco2)n1Cc1ccccc1)N1c2ccccc2Sc2ccccc21. The number of benzene rings is 3. The highest BCUT2D eigenvalue weighted by atomic mass is 32.2. The number of amides is 1. The van der Waals surface area contributed by atoms with Crippen LogP contribution in [0.3, 0.4) is 0 Å². The van der Waals surface area contributed by atoms with Gasteiger partial charge in [0.1, 0.15) is 0 Å². The van der Waals surface area contributed by atoms with E-state index in [-0.39, 0.29) is 11.7 Å². The maximum atomic E-state index is 13.6. The molecule has 1 amide bonds. The van der Waals surface area contributed by atoms with Crippen LogP contribution in [0.5, 0.6) is 0 Å². The van der Waals surface area contributed by atoms with Crippen molar-refractivity contribution >= 4 is 40.8 Å². The molecule has 5 aromatic rings. The zero-order valence-corrected chi connectivity index (χ0v) is 20.2. The zero-order chi connectivity index (χ0) is 23.6. The Bertz CT molecular complexity index is 1440. The van der Waals surface area contributed by atoms with Crippen molar-refractivity contribution in [1.82, 2.24) is 14.8 Å². The van der Waals surface area contributed by atoms with E-state index in [1.54, 1.807) is 18.0 Å². The monoisotopic (exact) mass is 496 g/mol. The van der Waals surface area contributed by atoms with Crippen LogP contribution in [-0.4, -0.2) is 26.4 Å². The largest absolute Gasteiger partial charge is 0.461 e. The summed E-state index contributed by atoms with van der Waals surface area (Å²) in [5.41, 5.74) is 2.93. The molecule has 1 aliphatic rings. The second kappa shape index (κ2) is 9.48. The molecular formula is C27H20N4O2S2. The van der Waals surface area contributed by atoms with Crippen molar-refractivity contribution in [2.75, 3.05) is 10.7 Å². The predicted molar refractivity (Wildman–Crippen MR) is 138 cm³/mol. The second-order valence-electron chi connectivity index (χ2n) is 7.91. The summed E-state index contributed by atoms with van der Waals surface area (Å²) in [5, 5.41) is 9.47. The molecule has 0 fully saturated rings. The standard InChI is InChI=1S/C27H20N4O2S2/c32-25(31-20-11-4-6-14-23(20)35-24-15-7-5-12-21(24)31)18-34-27-29-28-26(22-13-8-16-33-22)30(27)17-19-9-2-1-3-10-19/h1-16H,17-18H2. The molecule has 2 aromatic heterocycles. The number of hydrogen-bond donors (Lipinski definition) is 0. The summed E-state index contributed by atoms with van der Waals surface area (Å²) in [6, 6.07) is 29.8. The van der Waals surface area contributed by atoms with E-state index in [2.05, 4.69) is 34.5 Å². The fourth-order valence-electron chi connectivity index (χ4n) is 4.06. The van der Waals surface area contributed by atoms with Crippen molar-refractivity contribution in [2.45, 2.75) is 21.5 Å². The van der Waals surface area contributed by atoms with E-state index in [4.69, 9.17) is 4.42 Å². The first-order valence-electron chi connectivity index (χ1n) is 11.1. The highest BCUT2D eigenvalue weighted by Gasteiger charge is 2.28. The summed E-state index contributed by atoms with van der Waals surface area (Å²) in [6.07, 6.45) is 1.62. The minimum atomic E-state index is -0.0102. The number of rotatable bonds is 6. The highest BCUT2D eigenvalue weighted by Crippen LogP contribution is 2.48. The Morgan fingerprint density at radius 3 is 2.20 bits per heavy atom. The van der Waals surface area contributed by atoms with E-state index in [9.17, 15) is 4.79 Å². The molecule has 0 atom stereocenters. The minimum absolute atomic E-state index is 0.0102. The molecule has 0 saturated heterocycles. The average Bonchev–Trinajstić information content (AvgIpc) is 3.56. The molecule has 0 radical (unpaired) electrons. The Balaban J connectivity index is 1.30. The Morgan fingerprint density at radius 1 is 0.829 bits per heavy atom. The number of nitrogens with zero attached hydrogens (tertiary/aromatic N) is 4. The lowest BCUT2D eigenvalue weighted by Crippen LogP contribution is -2.30. The van der Waals surface area contributed by atoms with Gasteiger partial charge in [-0.15, -0.1) is 10.2 Å². The molecular weight excluding hydrogens is 476 g/mol. The first-order valence-corrected chi connectivity index (χ1v) is 12.9. The van der Waals surface area contributed by atoms with Crippen molar-refractivity contribution in [3.05, 3.63) is 103 Å². The first-order chi connectivity index (χ1) is 17.3. The molecule has 172 valence electrons. The Labute approximate surface area is 211 Å². The number of furan rings is 1. The molecule has 0 bridgehead atoms. The van der Waals surface area contributed by atoms with Gasteiger partial charge in [-0.05, 0) is 42.0 Å². The molecule has 0 aliphatic carbocycles. The maximum Gasteiger partial charge on any atom is 0.242 e. The van der Waals surface area contributed by atoms with Crippen LogP contribution in [0.4, 0.5) is 11.4 Å². The van der Waals surface area contributed by atoms with Crippen LogP contribution in [0.25, 0.3) is 11.6 Å². The van der Waals surface area contributed by atoms with Crippen LogP contribution in [0.1, 0.15) is 5.56 Å². The summed E-state index contributed by atoms with van der Waals surface area (Å²) in [4.78, 5) is 17.6. The topological polar surface area (TPSA) is 64.2 Å². The molecule has 0 unspecified atom stereocenters. The van der Waals surface area contributed by atoms with E-state index >= 15 is 0 Å². The van der Waals surface area contributed by atoms with Gasteiger partial charge < -0.3 is 4.42 Å². The molecule has 0 N–H and O–H groups in total. The van der Waals surface area contributed by atoms with Crippen LogP contribution in [0.2, 0.25) is 0 Å². The van der Waals surface area contributed by atoms with E-state index in [1.165, 1.54) is 11.8 Å². The minimum Gasteiger partial charge on any atom is -0.461 e. The van der Waals surface area contributed by atoms with Crippen molar-refractivity contribution in [3.63, 3.8) is 0 Å². The number of para-hydroxylation sites is 2.